The molecule has 7 heteroatoms. The first-order valence-electron chi connectivity index (χ1n) is 8.00. The third-order valence-electron chi connectivity index (χ3n) is 3.34. The molecule has 0 bridgehead atoms. The van der Waals surface area contributed by atoms with Crippen molar-refractivity contribution in [1.29, 1.82) is 0 Å². The van der Waals surface area contributed by atoms with Gasteiger partial charge in [0, 0.05) is 16.5 Å². The number of thioether (sulfide) groups is 1. The van der Waals surface area contributed by atoms with Gasteiger partial charge in [0.15, 0.2) is 6.61 Å². The highest BCUT2D eigenvalue weighted by atomic mass is 32.2. The molecular formula is C18H21N3O2S2. The van der Waals surface area contributed by atoms with E-state index in [-0.39, 0.29) is 12.0 Å². The van der Waals surface area contributed by atoms with E-state index in [2.05, 4.69) is 41.3 Å². The normalized spacial score (nSPS) is 11.7. The molecule has 0 aliphatic rings. The highest BCUT2D eigenvalue weighted by molar-refractivity contribution is 7.98. The quantitative estimate of drug-likeness (QED) is 0.565. The van der Waals surface area contributed by atoms with Gasteiger partial charge in [-0.25, -0.2) is 4.98 Å². The first kappa shape index (κ1) is 17.9. The molecule has 3 aromatic rings. The van der Waals surface area contributed by atoms with Crippen LogP contribution in [0.1, 0.15) is 42.9 Å². The summed E-state index contributed by atoms with van der Waals surface area (Å²) in [4.78, 5) is 4.67. The van der Waals surface area contributed by atoms with Crippen molar-refractivity contribution in [2.75, 3.05) is 0 Å². The Kier molecular flexibility index (Phi) is 5.44. The lowest BCUT2D eigenvalue weighted by atomic mass is 9.98. The first-order valence-corrected chi connectivity index (χ1v) is 9.86. The Morgan fingerprint density at radius 2 is 2.08 bits per heavy atom. The van der Waals surface area contributed by atoms with Gasteiger partial charge in [-0.2, -0.15) is 0 Å². The van der Waals surface area contributed by atoms with Crippen LogP contribution in [-0.4, -0.2) is 15.2 Å². The fourth-order valence-electron chi connectivity index (χ4n) is 2.06. The molecule has 0 aliphatic heterocycles. The topological polar surface area (TPSA) is 61.0 Å². The summed E-state index contributed by atoms with van der Waals surface area (Å²) in [5.41, 5.74) is 2.27. The average Bonchev–Trinajstić information content (AvgIpc) is 3.20. The monoisotopic (exact) mass is 375 g/mol. The maximum Gasteiger partial charge on any atom is 0.277 e. The molecule has 2 heterocycles. The third kappa shape index (κ3) is 5.06. The van der Waals surface area contributed by atoms with Gasteiger partial charge in [0.2, 0.25) is 0 Å². The van der Waals surface area contributed by atoms with Crippen LogP contribution in [0, 0.1) is 6.92 Å². The second-order valence-corrected chi connectivity index (χ2v) is 8.53. The van der Waals surface area contributed by atoms with E-state index in [4.69, 9.17) is 9.15 Å². The molecule has 0 saturated heterocycles. The third-order valence-corrected chi connectivity index (χ3v) is 5.51. The van der Waals surface area contributed by atoms with Crippen LogP contribution in [0.15, 0.2) is 39.3 Å². The van der Waals surface area contributed by atoms with Crippen molar-refractivity contribution in [3.05, 3.63) is 51.8 Å². The van der Waals surface area contributed by atoms with Gasteiger partial charge >= 0.3 is 0 Å². The molecule has 0 unspecified atom stereocenters. The summed E-state index contributed by atoms with van der Waals surface area (Å²) < 4.78 is 11.3. The molecule has 132 valence electrons. The molecular weight excluding hydrogens is 354 g/mol. The van der Waals surface area contributed by atoms with Crippen molar-refractivity contribution in [3.63, 3.8) is 0 Å². The van der Waals surface area contributed by atoms with Crippen LogP contribution >= 0.6 is 23.1 Å². The van der Waals surface area contributed by atoms with Crippen molar-refractivity contribution in [3.8, 4) is 5.75 Å². The summed E-state index contributed by atoms with van der Waals surface area (Å²) in [6.07, 6.45) is 0. The Balaban J connectivity index is 1.52. The molecule has 0 saturated carbocycles. The van der Waals surface area contributed by atoms with Crippen molar-refractivity contribution < 1.29 is 9.15 Å². The zero-order valence-electron chi connectivity index (χ0n) is 14.8. The van der Waals surface area contributed by atoms with E-state index in [1.54, 1.807) is 11.3 Å². The van der Waals surface area contributed by atoms with Crippen LogP contribution in [0.25, 0.3) is 0 Å². The van der Waals surface area contributed by atoms with E-state index in [1.807, 2.05) is 31.2 Å². The molecule has 1 aromatic carbocycles. The van der Waals surface area contributed by atoms with Gasteiger partial charge in [-0.05, 0) is 24.6 Å². The molecule has 0 radical (unpaired) electrons. The van der Waals surface area contributed by atoms with Gasteiger partial charge < -0.3 is 9.15 Å². The van der Waals surface area contributed by atoms with E-state index in [1.165, 1.54) is 11.8 Å². The standard InChI is InChI=1S/C18H21N3O2S2/c1-12-6-5-7-14(8-12)22-9-15-20-21-17(23-15)25-11-13-10-24-16(19-13)18(2,3)4/h5-8,10H,9,11H2,1-4H3. The van der Waals surface area contributed by atoms with Crippen LogP contribution in [0.4, 0.5) is 0 Å². The molecule has 0 spiro atoms. The fourth-order valence-corrected chi connectivity index (χ4v) is 3.74. The van der Waals surface area contributed by atoms with Gasteiger partial charge in [0.1, 0.15) is 5.75 Å². The number of ether oxygens (including phenoxy) is 1. The van der Waals surface area contributed by atoms with Gasteiger partial charge in [-0.15, -0.1) is 21.5 Å². The summed E-state index contributed by atoms with van der Waals surface area (Å²) in [6, 6.07) is 7.87. The second kappa shape index (κ2) is 7.58. The Hall–Kier alpha value is -1.86. The molecule has 2 aromatic heterocycles. The molecule has 0 aliphatic carbocycles. The van der Waals surface area contributed by atoms with Crippen molar-refractivity contribution >= 4 is 23.1 Å². The van der Waals surface area contributed by atoms with E-state index in [0.717, 1.165) is 22.0 Å². The molecule has 0 atom stereocenters. The number of hydrogen-bond donors (Lipinski definition) is 0. The summed E-state index contributed by atoms with van der Waals surface area (Å²) in [5.74, 6) is 1.98. The van der Waals surface area contributed by atoms with Gasteiger partial charge in [0.05, 0.1) is 10.7 Å². The van der Waals surface area contributed by atoms with Crippen LogP contribution in [0.2, 0.25) is 0 Å². The van der Waals surface area contributed by atoms with E-state index in [9.17, 15) is 0 Å². The number of hydrogen-bond acceptors (Lipinski definition) is 7. The number of aryl methyl sites for hydroxylation is 1. The summed E-state index contributed by atoms with van der Waals surface area (Å²) in [6.45, 7) is 8.80. The SMILES string of the molecule is Cc1cccc(OCc2nnc(SCc3csc(C(C)(C)C)n3)o2)c1. The fraction of sp³-hybridized carbons (Fsp3) is 0.389. The van der Waals surface area contributed by atoms with E-state index < -0.39 is 0 Å². The van der Waals surface area contributed by atoms with Gasteiger partial charge in [-0.3, -0.25) is 0 Å². The first-order chi connectivity index (χ1) is 11.9. The van der Waals surface area contributed by atoms with Crippen LogP contribution in [0.5, 0.6) is 5.75 Å². The molecule has 0 N–H and O–H groups in total. The Morgan fingerprint density at radius 3 is 2.80 bits per heavy atom. The lowest BCUT2D eigenvalue weighted by Crippen LogP contribution is -2.10. The van der Waals surface area contributed by atoms with E-state index >= 15 is 0 Å². The van der Waals surface area contributed by atoms with Crippen LogP contribution in [-0.2, 0) is 17.8 Å². The lowest BCUT2D eigenvalue weighted by Gasteiger charge is -2.13. The minimum atomic E-state index is 0.0817. The Morgan fingerprint density at radius 1 is 1.24 bits per heavy atom. The predicted molar refractivity (Wildman–Crippen MR) is 100 cm³/mol. The number of rotatable bonds is 6. The number of aromatic nitrogens is 3. The van der Waals surface area contributed by atoms with Crippen molar-refractivity contribution in [2.24, 2.45) is 0 Å². The van der Waals surface area contributed by atoms with Crippen molar-refractivity contribution in [1.82, 2.24) is 15.2 Å². The number of benzene rings is 1. The zero-order chi connectivity index (χ0) is 17.9. The van der Waals surface area contributed by atoms with Crippen LogP contribution < -0.4 is 4.74 Å². The van der Waals surface area contributed by atoms with Gasteiger partial charge in [0.25, 0.3) is 11.1 Å². The maximum atomic E-state index is 5.67. The Bertz CT molecular complexity index is 837. The van der Waals surface area contributed by atoms with Gasteiger partial charge in [-0.1, -0.05) is 44.7 Å². The molecule has 3 rings (SSSR count). The summed E-state index contributed by atoms with van der Waals surface area (Å²) in [7, 11) is 0. The number of nitrogens with zero attached hydrogens (tertiary/aromatic N) is 3. The zero-order valence-corrected chi connectivity index (χ0v) is 16.4. The highest BCUT2D eigenvalue weighted by Crippen LogP contribution is 2.28. The lowest BCUT2D eigenvalue weighted by molar-refractivity contribution is 0.252. The minimum absolute atomic E-state index is 0.0817. The molecule has 5 nitrogen and oxygen atoms in total. The molecule has 0 amide bonds. The largest absolute Gasteiger partial charge is 0.484 e. The molecule has 25 heavy (non-hydrogen) atoms. The highest BCUT2D eigenvalue weighted by Gasteiger charge is 2.18. The maximum absolute atomic E-state index is 5.67. The minimum Gasteiger partial charge on any atom is -0.484 e. The summed E-state index contributed by atoms with van der Waals surface area (Å²) >= 11 is 3.18. The second-order valence-electron chi connectivity index (χ2n) is 6.75. The Labute approximate surface area is 155 Å². The average molecular weight is 376 g/mol. The molecule has 0 fully saturated rings. The summed E-state index contributed by atoms with van der Waals surface area (Å²) in [5, 5.41) is 11.9. The van der Waals surface area contributed by atoms with Crippen LogP contribution in [0.3, 0.4) is 0 Å². The van der Waals surface area contributed by atoms with Crippen molar-refractivity contribution in [2.45, 2.75) is 50.7 Å². The number of thiazole rings is 1. The predicted octanol–water partition coefficient (Wildman–Crippen LogP) is 5.00. The van der Waals surface area contributed by atoms with E-state index in [0.29, 0.717) is 16.9 Å². The smallest absolute Gasteiger partial charge is 0.277 e.